The topological polar surface area (TPSA) is 55.4 Å². The molecule has 0 fully saturated rings. The van der Waals surface area contributed by atoms with Gasteiger partial charge < -0.3 is 14.2 Å². The SMILES string of the molecule is Cc1oc(C)c(C(=O)NC(C)c2oc3ccccc3c2C)c1Br. The van der Waals surface area contributed by atoms with Crippen molar-refractivity contribution in [3.05, 3.63) is 57.1 Å². The largest absolute Gasteiger partial charge is 0.465 e. The molecule has 0 spiro atoms. The van der Waals surface area contributed by atoms with E-state index in [1.165, 1.54) is 0 Å². The highest BCUT2D eigenvalue weighted by Gasteiger charge is 2.24. The molecule has 0 aliphatic carbocycles. The van der Waals surface area contributed by atoms with Gasteiger partial charge in [-0.15, -0.1) is 0 Å². The van der Waals surface area contributed by atoms with Gasteiger partial charge in [0.2, 0.25) is 0 Å². The van der Waals surface area contributed by atoms with Crippen LogP contribution in [0.15, 0.2) is 37.6 Å². The number of benzene rings is 1. The monoisotopic (exact) mass is 375 g/mol. The van der Waals surface area contributed by atoms with E-state index in [1.54, 1.807) is 6.92 Å². The zero-order valence-corrected chi connectivity index (χ0v) is 15.1. The van der Waals surface area contributed by atoms with E-state index >= 15 is 0 Å². The van der Waals surface area contributed by atoms with Crippen molar-refractivity contribution in [3.63, 3.8) is 0 Å². The number of hydrogen-bond acceptors (Lipinski definition) is 3. The molecule has 1 amide bonds. The molecule has 2 heterocycles. The van der Waals surface area contributed by atoms with Gasteiger partial charge in [-0.1, -0.05) is 18.2 Å². The third-order valence-corrected chi connectivity index (χ3v) is 4.99. The maximum absolute atomic E-state index is 12.6. The molecule has 2 aromatic heterocycles. The van der Waals surface area contributed by atoms with Gasteiger partial charge in [-0.05, 0) is 49.7 Å². The van der Waals surface area contributed by atoms with Crippen LogP contribution in [0.3, 0.4) is 0 Å². The minimum Gasteiger partial charge on any atom is -0.465 e. The number of furan rings is 2. The van der Waals surface area contributed by atoms with Crippen molar-refractivity contribution >= 4 is 32.8 Å². The van der Waals surface area contributed by atoms with Gasteiger partial charge in [0, 0.05) is 10.9 Å². The molecule has 1 N–H and O–H groups in total. The van der Waals surface area contributed by atoms with E-state index in [1.807, 2.05) is 45.0 Å². The molecule has 4 nitrogen and oxygen atoms in total. The summed E-state index contributed by atoms with van der Waals surface area (Å²) in [7, 11) is 0. The molecule has 0 saturated heterocycles. The van der Waals surface area contributed by atoms with Gasteiger partial charge in [0.15, 0.2) is 0 Å². The average Bonchev–Trinajstić information content (AvgIpc) is 2.97. The predicted octanol–water partition coefficient (Wildman–Crippen LogP) is 5.20. The van der Waals surface area contributed by atoms with E-state index in [0.29, 0.717) is 21.6 Å². The Hall–Kier alpha value is -2.01. The number of hydrogen-bond donors (Lipinski definition) is 1. The standard InChI is InChI=1S/C18H18BrNO3/c1-9-13-7-5-6-8-14(13)23-17(9)10(2)20-18(21)15-11(3)22-12(4)16(15)19/h5-8,10H,1-4H3,(H,20,21). The molecule has 3 aromatic rings. The number of carbonyl (C=O) groups excluding carboxylic acids is 1. The summed E-state index contributed by atoms with van der Waals surface area (Å²) in [4.78, 5) is 12.6. The number of halogens is 1. The Morgan fingerprint density at radius 2 is 1.83 bits per heavy atom. The van der Waals surface area contributed by atoms with Gasteiger partial charge in [0.05, 0.1) is 16.1 Å². The van der Waals surface area contributed by atoms with Gasteiger partial charge in [-0.2, -0.15) is 0 Å². The lowest BCUT2D eigenvalue weighted by Gasteiger charge is -2.12. The number of rotatable bonds is 3. The Balaban J connectivity index is 1.90. The highest BCUT2D eigenvalue weighted by molar-refractivity contribution is 9.10. The molecule has 0 bridgehead atoms. The lowest BCUT2D eigenvalue weighted by Crippen LogP contribution is -2.27. The van der Waals surface area contributed by atoms with Crippen molar-refractivity contribution < 1.29 is 13.6 Å². The first-order chi connectivity index (χ1) is 10.9. The first-order valence-corrected chi connectivity index (χ1v) is 8.23. The fourth-order valence-electron chi connectivity index (χ4n) is 2.86. The molecule has 1 atom stereocenters. The van der Waals surface area contributed by atoms with Crippen LogP contribution in [0.25, 0.3) is 11.0 Å². The lowest BCUT2D eigenvalue weighted by atomic mass is 10.1. The summed E-state index contributed by atoms with van der Waals surface area (Å²) < 4.78 is 12.1. The minimum atomic E-state index is -0.239. The van der Waals surface area contributed by atoms with E-state index in [9.17, 15) is 4.79 Å². The second kappa shape index (κ2) is 5.89. The number of carbonyl (C=O) groups is 1. The van der Waals surface area contributed by atoms with E-state index in [-0.39, 0.29) is 11.9 Å². The Kier molecular flexibility index (Phi) is 4.06. The first kappa shape index (κ1) is 15.9. The molecule has 0 saturated carbocycles. The number of fused-ring (bicyclic) bond motifs is 1. The van der Waals surface area contributed by atoms with Gasteiger partial charge in [-0.3, -0.25) is 4.79 Å². The average molecular weight is 376 g/mol. The maximum Gasteiger partial charge on any atom is 0.256 e. The van der Waals surface area contributed by atoms with Gasteiger partial charge in [0.25, 0.3) is 5.91 Å². The summed E-state index contributed by atoms with van der Waals surface area (Å²) in [6.07, 6.45) is 0. The van der Waals surface area contributed by atoms with Crippen LogP contribution in [0.1, 0.15) is 46.2 Å². The van der Waals surface area contributed by atoms with Crippen LogP contribution in [-0.4, -0.2) is 5.91 Å². The van der Waals surface area contributed by atoms with Crippen LogP contribution in [0.4, 0.5) is 0 Å². The van der Waals surface area contributed by atoms with Crippen LogP contribution in [0.5, 0.6) is 0 Å². The molecule has 23 heavy (non-hydrogen) atoms. The molecule has 3 rings (SSSR count). The van der Waals surface area contributed by atoms with Crippen molar-refractivity contribution in [2.45, 2.75) is 33.7 Å². The second-order valence-electron chi connectivity index (χ2n) is 5.69. The zero-order chi connectivity index (χ0) is 16.7. The summed E-state index contributed by atoms with van der Waals surface area (Å²) in [5.74, 6) is 1.88. The Morgan fingerprint density at radius 1 is 1.13 bits per heavy atom. The van der Waals surface area contributed by atoms with Crippen molar-refractivity contribution in [3.8, 4) is 0 Å². The van der Waals surface area contributed by atoms with Crippen molar-refractivity contribution in [2.24, 2.45) is 0 Å². The number of aryl methyl sites for hydroxylation is 3. The first-order valence-electron chi connectivity index (χ1n) is 7.44. The fraction of sp³-hybridized carbons (Fsp3) is 0.278. The molecular formula is C18H18BrNO3. The summed E-state index contributed by atoms with van der Waals surface area (Å²) in [5.41, 5.74) is 2.41. The van der Waals surface area contributed by atoms with Gasteiger partial charge >= 0.3 is 0 Å². The quantitative estimate of drug-likeness (QED) is 0.683. The highest BCUT2D eigenvalue weighted by atomic mass is 79.9. The molecule has 1 unspecified atom stereocenters. The normalized spacial score (nSPS) is 12.6. The minimum absolute atomic E-state index is 0.182. The molecule has 120 valence electrons. The summed E-state index contributed by atoms with van der Waals surface area (Å²) >= 11 is 3.41. The Morgan fingerprint density at radius 3 is 2.43 bits per heavy atom. The fourth-order valence-corrected chi connectivity index (χ4v) is 3.40. The van der Waals surface area contributed by atoms with Crippen LogP contribution < -0.4 is 5.32 Å². The van der Waals surface area contributed by atoms with E-state index < -0.39 is 0 Å². The van der Waals surface area contributed by atoms with Gasteiger partial charge in [-0.25, -0.2) is 0 Å². The molecule has 5 heteroatoms. The predicted molar refractivity (Wildman–Crippen MR) is 92.7 cm³/mol. The number of amides is 1. The molecular weight excluding hydrogens is 358 g/mol. The highest BCUT2D eigenvalue weighted by Crippen LogP contribution is 2.31. The summed E-state index contributed by atoms with van der Waals surface area (Å²) in [5, 5.41) is 4.06. The molecule has 1 aromatic carbocycles. The van der Waals surface area contributed by atoms with Gasteiger partial charge in [0.1, 0.15) is 22.9 Å². The van der Waals surface area contributed by atoms with Crippen molar-refractivity contribution in [1.82, 2.24) is 5.32 Å². The molecule has 0 radical (unpaired) electrons. The molecule has 0 aliphatic heterocycles. The Labute approximate surface area is 143 Å². The number of para-hydroxylation sites is 1. The third kappa shape index (κ3) is 2.70. The van der Waals surface area contributed by atoms with Crippen LogP contribution in [0.2, 0.25) is 0 Å². The van der Waals surface area contributed by atoms with Crippen molar-refractivity contribution in [2.75, 3.05) is 0 Å². The zero-order valence-electron chi connectivity index (χ0n) is 13.5. The van der Waals surface area contributed by atoms with Crippen LogP contribution >= 0.6 is 15.9 Å². The van der Waals surface area contributed by atoms with E-state index in [2.05, 4.69) is 21.2 Å². The number of nitrogens with one attached hydrogen (secondary N) is 1. The van der Waals surface area contributed by atoms with E-state index in [0.717, 1.165) is 22.3 Å². The van der Waals surface area contributed by atoms with Crippen LogP contribution in [-0.2, 0) is 0 Å². The summed E-state index contributed by atoms with van der Waals surface area (Å²) in [6, 6.07) is 7.63. The summed E-state index contributed by atoms with van der Waals surface area (Å²) in [6.45, 7) is 7.52. The maximum atomic E-state index is 12.6. The Bertz CT molecular complexity index is 891. The van der Waals surface area contributed by atoms with Crippen molar-refractivity contribution in [1.29, 1.82) is 0 Å². The second-order valence-corrected chi connectivity index (χ2v) is 6.48. The van der Waals surface area contributed by atoms with E-state index in [4.69, 9.17) is 8.83 Å². The third-order valence-electron chi connectivity index (χ3n) is 4.04. The smallest absolute Gasteiger partial charge is 0.256 e. The molecule has 0 aliphatic rings. The lowest BCUT2D eigenvalue weighted by molar-refractivity contribution is 0.0933. The van der Waals surface area contributed by atoms with Crippen LogP contribution in [0, 0.1) is 20.8 Å².